The topological polar surface area (TPSA) is 112 Å². The van der Waals surface area contributed by atoms with Crippen LogP contribution in [-0.2, 0) is 11.3 Å². The van der Waals surface area contributed by atoms with Gasteiger partial charge in [-0.2, -0.15) is 0 Å². The molecule has 9 nitrogen and oxygen atoms in total. The highest BCUT2D eigenvalue weighted by atomic mass is 16.6. The molecule has 3 aromatic rings. The van der Waals surface area contributed by atoms with Crippen molar-refractivity contribution in [3.05, 3.63) is 70.1 Å². The fourth-order valence-electron chi connectivity index (χ4n) is 3.08. The maximum Gasteiger partial charge on any atom is 0.270 e. The van der Waals surface area contributed by atoms with E-state index in [9.17, 15) is 14.9 Å². The van der Waals surface area contributed by atoms with Gasteiger partial charge in [0.25, 0.3) is 11.6 Å². The van der Waals surface area contributed by atoms with Crippen LogP contribution in [0.3, 0.4) is 0 Å². The average Bonchev–Trinajstić information content (AvgIpc) is 3.48. The van der Waals surface area contributed by atoms with E-state index in [1.54, 1.807) is 17.0 Å². The molecular weight excluding hydrogens is 388 g/mol. The minimum absolute atomic E-state index is 0.0598. The molecular formula is C21H20N4O5. The van der Waals surface area contributed by atoms with E-state index >= 15 is 0 Å². The smallest absolute Gasteiger partial charge is 0.270 e. The Morgan fingerprint density at radius 1 is 1.23 bits per heavy atom. The number of para-hydroxylation sites is 1. The fourth-order valence-corrected chi connectivity index (χ4v) is 3.08. The van der Waals surface area contributed by atoms with Gasteiger partial charge < -0.3 is 14.1 Å². The number of carbonyl (C=O) groups is 1. The predicted molar refractivity (Wildman–Crippen MR) is 107 cm³/mol. The first-order valence-electron chi connectivity index (χ1n) is 9.56. The van der Waals surface area contributed by atoms with Gasteiger partial charge in [-0.3, -0.25) is 14.9 Å². The van der Waals surface area contributed by atoms with Crippen LogP contribution in [-0.4, -0.2) is 38.6 Å². The second kappa shape index (κ2) is 8.32. The molecule has 0 spiro atoms. The van der Waals surface area contributed by atoms with Crippen LogP contribution in [0.2, 0.25) is 0 Å². The molecule has 1 heterocycles. The third kappa shape index (κ3) is 4.45. The minimum Gasteiger partial charge on any atom is -0.484 e. The number of non-ortho nitro benzene ring substituents is 1. The Labute approximate surface area is 172 Å². The van der Waals surface area contributed by atoms with Crippen LogP contribution in [0.15, 0.2) is 52.9 Å². The Balaban J connectivity index is 1.44. The lowest BCUT2D eigenvalue weighted by Gasteiger charge is -2.21. The standard InChI is InChI=1S/C21H20N4O5/c1-14-5-2-3-8-18(14)29-13-20(26)24(16-9-10-16)12-19-22-23-21(30-19)15-6-4-7-17(11-15)25(27)28/h2-8,11,16H,9-10,12-13H2,1H3. The quantitative estimate of drug-likeness (QED) is 0.414. The Morgan fingerprint density at radius 2 is 2.03 bits per heavy atom. The van der Waals surface area contributed by atoms with Crippen molar-refractivity contribution in [3.8, 4) is 17.2 Å². The number of nitro groups is 1. The summed E-state index contributed by atoms with van der Waals surface area (Å²) in [5, 5.41) is 18.9. The molecule has 0 aliphatic heterocycles. The van der Waals surface area contributed by atoms with Crippen molar-refractivity contribution in [1.82, 2.24) is 15.1 Å². The molecule has 4 rings (SSSR count). The van der Waals surface area contributed by atoms with Crippen LogP contribution in [0.4, 0.5) is 5.69 Å². The molecule has 0 radical (unpaired) electrons. The molecule has 0 unspecified atom stereocenters. The second-order valence-corrected chi connectivity index (χ2v) is 7.12. The van der Waals surface area contributed by atoms with E-state index in [4.69, 9.17) is 9.15 Å². The normalized spacial score (nSPS) is 13.1. The third-order valence-electron chi connectivity index (χ3n) is 4.83. The number of benzene rings is 2. The highest BCUT2D eigenvalue weighted by molar-refractivity contribution is 5.78. The largest absolute Gasteiger partial charge is 0.484 e. The zero-order chi connectivity index (χ0) is 21.1. The molecule has 154 valence electrons. The van der Waals surface area contributed by atoms with Crippen molar-refractivity contribution in [3.63, 3.8) is 0 Å². The summed E-state index contributed by atoms with van der Waals surface area (Å²) >= 11 is 0. The van der Waals surface area contributed by atoms with E-state index in [1.165, 1.54) is 12.1 Å². The molecule has 0 N–H and O–H groups in total. The lowest BCUT2D eigenvalue weighted by molar-refractivity contribution is -0.384. The minimum atomic E-state index is -0.483. The van der Waals surface area contributed by atoms with Crippen LogP contribution in [0.5, 0.6) is 5.75 Å². The molecule has 2 aromatic carbocycles. The molecule has 0 atom stereocenters. The number of hydrogen-bond acceptors (Lipinski definition) is 7. The maximum atomic E-state index is 12.7. The van der Waals surface area contributed by atoms with Gasteiger partial charge in [0.1, 0.15) is 5.75 Å². The third-order valence-corrected chi connectivity index (χ3v) is 4.83. The lowest BCUT2D eigenvalue weighted by Crippen LogP contribution is -2.36. The van der Waals surface area contributed by atoms with Crippen molar-refractivity contribution in [1.29, 1.82) is 0 Å². The van der Waals surface area contributed by atoms with Gasteiger partial charge in [-0.1, -0.05) is 24.3 Å². The fraction of sp³-hybridized carbons (Fsp3) is 0.286. The summed E-state index contributed by atoms with van der Waals surface area (Å²) < 4.78 is 11.3. The van der Waals surface area contributed by atoms with Crippen molar-refractivity contribution in [2.45, 2.75) is 32.4 Å². The average molecular weight is 408 g/mol. The number of amides is 1. The monoisotopic (exact) mass is 408 g/mol. The second-order valence-electron chi connectivity index (χ2n) is 7.12. The number of ether oxygens (including phenoxy) is 1. The number of nitro benzene ring substituents is 1. The summed E-state index contributed by atoms with van der Waals surface area (Å²) in [7, 11) is 0. The molecule has 1 fully saturated rings. The number of nitrogens with zero attached hydrogens (tertiary/aromatic N) is 4. The first-order valence-corrected chi connectivity index (χ1v) is 9.56. The van der Waals surface area contributed by atoms with Crippen molar-refractivity contribution in [2.24, 2.45) is 0 Å². The molecule has 30 heavy (non-hydrogen) atoms. The van der Waals surface area contributed by atoms with Gasteiger partial charge in [-0.05, 0) is 37.5 Å². The highest BCUT2D eigenvalue weighted by Gasteiger charge is 2.34. The lowest BCUT2D eigenvalue weighted by atomic mass is 10.2. The van der Waals surface area contributed by atoms with Crippen molar-refractivity contribution in [2.75, 3.05) is 6.61 Å². The van der Waals surface area contributed by atoms with Crippen LogP contribution in [0, 0.1) is 17.0 Å². The summed E-state index contributed by atoms with van der Waals surface area (Å²) in [6.07, 6.45) is 1.84. The molecule has 0 bridgehead atoms. The Kier molecular flexibility index (Phi) is 5.42. The zero-order valence-electron chi connectivity index (χ0n) is 16.4. The SMILES string of the molecule is Cc1ccccc1OCC(=O)N(Cc1nnc(-c2cccc([N+](=O)[O-])c2)o1)C1CC1. The molecule has 1 amide bonds. The summed E-state index contributed by atoms with van der Waals surface area (Å²) in [5.74, 6) is 0.962. The van der Waals surface area contributed by atoms with E-state index in [1.807, 2.05) is 31.2 Å². The maximum absolute atomic E-state index is 12.7. The summed E-state index contributed by atoms with van der Waals surface area (Å²) in [6.45, 7) is 2.02. The van der Waals surface area contributed by atoms with Crippen molar-refractivity contribution < 1.29 is 18.9 Å². The van der Waals surface area contributed by atoms with Gasteiger partial charge in [0, 0.05) is 23.7 Å². The van der Waals surface area contributed by atoms with E-state index in [0.717, 1.165) is 18.4 Å². The van der Waals surface area contributed by atoms with Crippen LogP contribution in [0.1, 0.15) is 24.3 Å². The Bertz CT molecular complexity index is 1080. The summed E-state index contributed by atoms with van der Waals surface area (Å²) in [6, 6.07) is 13.6. The van der Waals surface area contributed by atoms with E-state index < -0.39 is 4.92 Å². The number of carbonyl (C=O) groups excluding carboxylic acids is 1. The Hall–Kier alpha value is -3.75. The number of aryl methyl sites for hydroxylation is 1. The van der Waals surface area contributed by atoms with Gasteiger partial charge in [0.2, 0.25) is 11.8 Å². The molecule has 1 aromatic heterocycles. The molecule has 1 aliphatic carbocycles. The first kappa shape index (κ1) is 19.6. The summed E-state index contributed by atoms with van der Waals surface area (Å²) in [4.78, 5) is 24.9. The van der Waals surface area contributed by atoms with Gasteiger partial charge in [-0.15, -0.1) is 10.2 Å². The summed E-state index contributed by atoms with van der Waals surface area (Å²) in [5.41, 5.74) is 1.35. The van der Waals surface area contributed by atoms with Gasteiger partial charge >= 0.3 is 0 Å². The molecule has 1 saturated carbocycles. The highest BCUT2D eigenvalue weighted by Crippen LogP contribution is 2.29. The van der Waals surface area contributed by atoms with E-state index in [0.29, 0.717) is 11.3 Å². The van der Waals surface area contributed by atoms with Crippen LogP contribution >= 0.6 is 0 Å². The van der Waals surface area contributed by atoms with Crippen LogP contribution < -0.4 is 4.74 Å². The van der Waals surface area contributed by atoms with Gasteiger partial charge in [0.15, 0.2) is 6.61 Å². The Morgan fingerprint density at radius 3 is 2.77 bits per heavy atom. The first-order chi connectivity index (χ1) is 14.5. The molecule has 1 aliphatic rings. The number of rotatable bonds is 8. The zero-order valence-corrected chi connectivity index (χ0v) is 16.4. The number of hydrogen-bond donors (Lipinski definition) is 0. The van der Waals surface area contributed by atoms with E-state index in [-0.39, 0.29) is 42.6 Å². The molecule has 9 heteroatoms. The van der Waals surface area contributed by atoms with Gasteiger partial charge in [0.05, 0.1) is 11.5 Å². The number of aromatic nitrogens is 2. The van der Waals surface area contributed by atoms with Crippen LogP contribution in [0.25, 0.3) is 11.5 Å². The molecule has 0 saturated heterocycles. The van der Waals surface area contributed by atoms with E-state index in [2.05, 4.69) is 10.2 Å². The predicted octanol–water partition coefficient (Wildman–Crippen LogP) is 3.52. The van der Waals surface area contributed by atoms with Gasteiger partial charge in [-0.25, -0.2) is 0 Å². The van der Waals surface area contributed by atoms with Crippen molar-refractivity contribution >= 4 is 11.6 Å².